The number of hydrogen-bond acceptors (Lipinski definition) is 7. The van der Waals surface area contributed by atoms with Crippen molar-refractivity contribution in [1.82, 2.24) is 14.5 Å². The van der Waals surface area contributed by atoms with Crippen LogP contribution in [0.5, 0.6) is 0 Å². The molecule has 1 saturated carbocycles. The fourth-order valence-electron chi connectivity index (χ4n) is 3.25. The molecule has 0 bridgehead atoms. The van der Waals surface area contributed by atoms with E-state index in [0.717, 1.165) is 5.92 Å². The molecule has 2 aromatic rings. The Balaban J connectivity index is 1.90. The standard InChI is InChI=1S/C15H16F3N5O3/c16-15(17,18)3-1-10(24)8-5-9(12(26)11(8)25)23-4-2-7-13(22-19)20-6-21-14(7)23/h2,4,6,8-12,24-26H,5,19H2,(H,20,21,22)/t8-,9-,10-,11-,12+/m1/s1. The third-order valence-corrected chi connectivity index (χ3v) is 4.47. The van der Waals surface area contributed by atoms with E-state index in [-0.39, 0.29) is 6.42 Å². The third-order valence-electron chi connectivity index (χ3n) is 4.47. The van der Waals surface area contributed by atoms with Crippen molar-refractivity contribution in [2.24, 2.45) is 11.8 Å². The van der Waals surface area contributed by atoms with Crippen molar-refractivity contribution in [3.63, 3.8) is 0 Å². The number of hydrogen-bond donors (Lipinski definition) is 5. The lowest BCUT2D eigenvalue weighted by Gasteiger charge is -2.19. The Kier molecular flexibility index (Phi) is 4.76. The molecule has 0 amide bonds. The minimum absolute atomic E-state index is 0.00913. The summed E-state index contributed by atoms with van der Waals surface area (Å²) in [5.41, 5.74) is 2.83. The Hall–Kier alpha value is -2.39. The second-order valence-electron chi connectivity index (χ2n) is 5.99. The van der Waals surface area contributed by atoms with Crippen LogP contribution in [-0.2, 0) is 0 Å². The van der Waals surface area contributed by atoms with E-state index >= 15 is 0 Å². The zero-order valence-corrected chi connectivity index (χ0v) is 13.2. The molecule has 1 aliphatic rings. The van der Waals surface area contributed by atoms with Gasteiger partial charge >= 0.3 is 6.18 Å². The Bertz CT molecular complexity index is 860. The molecule has 2 heterocycles. The van der Waals surface area contributed by atoms with Crippen LogP contribution in [0.4, 0.5) is 19.0 Å². The van der Waals surface area contributed by atoms with Crippen LogP contribution in [0.3, 0.4) is 0 Å². The molecule has 8 nitrogen and oxygen atoms in total. The lowest BCUT2D eigenvalue weighted by atomic mass is 9.98. The number of nitrogens with zero attached hydrogens (tertiary/aromatic N) is 3. The highest BCUT2D eigenvalue weighted by Gasteiger charge is 2.45. The monoisotopic (exact) mass is 371 g/mol. The van der Waals surface area contributed by atoms with E-state index in [9.17, 15) is 28.5 Å². The number of nitrogens with one attached hydrogen (secondary N) is 1. The van der Waals surface area contributed by atoms with Crippen molar-refractivity contribution in [2.75, 3.05) is 5.43 Å². The largest absolute Gasteiger partial charge is 0.457 e. The number of nitrogen functional groups attached to an aromatic ring is 1. The maximum atomic E-state index is 12.2. The molecule has 0 unspecified atom stereocenters. The van der Waals surface area contributed by atoms with E-state index < -0.39 is 36.4 Å². The molecule has 0 radical (unpaired) electrons. The van der Waals surface area contributed by atoms with Gasteiger partial charge < -0.3 is 25.3 Å². The first-order chi connectivity index (χ1) is 12.2. The van der Waals surface area contributed by atoms with Gasteiger partial charge in [-0.15, -0.1) is 0 Å². The van der Waals surface area contributed by atoms with Gasteiger partial charge in [-0.3, -0.25) is 0 Å². The van der Waals surface area contributed by atoms with Gasteiger partial charge in [-0.2, -0.15) is 13.2 Å². The summed E-state index contributed by atoms with van der Waals surface area (Å²) in [6, 6.07) is 0.937. The number of rotatable bonds is 3. The van der Waals surface area contributed by atoms with Crippen LogP contribution in [0.15, 0.2) is 18.6 Å². The highest BCUT2D eigenvalue weighted by Crippen LogP contribution is 2.39. The number of anilines is 1. The summed E-state index contributed by atoms with van der Waals surface area (Å²) in [6.45, 7) is 0. The number of fused-ring (bicyclic) bond motifs is 1. The fraction of sp³-hybridized carbons (Fsp3) is 0.467. The predicted molar refractivity (Wildman–Crippen MR) is 84.3 cm³/mol. The second-order valence-corrected chi connectivity index (χ2v) is 5.99. The molecule has 1 aliphatic carbocycles. The predicted octanol–water partition coefficient (Wildman–Crippen LogP) is -0.0737. The topological polar surface area (TPSA) is 129 Å². The number of aliphatic hydroxyl groups excluding tert-OH is 3. The second kappa shape index (κ2) is 6.73. The van der Waals surface area contributed by atoms with Crippen LogP contribution in [0.1, 0.15) is 12.5 Å². The minimum Gasteiger partial charge on any atom is -0.390 e. The highest BCUT2D eigenvalue weighted by molar-refractivity contribution is 5.87. The van der Waals surface area contributed by atoms with E-state index in [0.29, 0.717) is 16.9 Å². The quantitative estimate of drug-likeness (QED) is 0.290. The summed E-state index contributed by atoms with van der Waals surface area (Å²) in [6.07, 6.45) is -6.38. The van der Waals surface area contributed by atoms with Gasteiger partial charge in [0.15, 0.2) is 5.82 Å². The van der Waals surface area contributed by atoms with Gasteiger partial charge in [0.1, 0.15) is 24.2 Å². The van der Waals surface area contributed by atoms with Gasteiger partial charge in [-0.05, 0) is 12.5 Å². The Morgan fingerprint density at radius 2 is 2.04 bits per heavy atom. The average molecular weight is 371 g/mol. The number of hydrazine groups is 1. The zero-order chi connectivity index (χ0) is 19.1. The van der Waals surface area contributed by atoms with Crippen molar-refractivity contribution in [3.05, 3.63) is 18.6 Å². The Morgan fingerprint density at radius 3 is 2.69 bits per heavy atom. The van der Waals surface area contributed by atoms with Crippen LogP contribution in [0.2, 0.25) is 0 Å². The van der Waals surface area contributed by atoms with Gasteiger partial charge in [0.05, 0.1) is 17.5 Å². The zero-order valence-electron chi connectivity index (χ0n) is 13.2. The smallest absolute Gasteiger partial charge is 0.390 e. The molecule has 2 aromatic heterocycles. The molecule has 3 rings (SSSR count). The van der Waals surface area contributed by atoms with E-state index in [1.807, 2.05) is 0 Å². The van der Waals surface area contributed by atoms with Crippen molar-refractivity contribution in [1.29, 1.82) is 0 Å². The lowest BCUT2D eigenvalue weighted by molar-refractivity contribution is -0.0703. The molecular weight excluding hydrogens is 355 g/mol. The summed E-state index contributed by atoms with van der Waals surface area (Å²) in [5, 5.41) is 31.0. The van der Waals surface area contributed by atoms with Crippen LogP contribution < -0.4 is 11.3 Å². The maximum Gasteiger partial charge on any atom is 0.457 e. The average Bonchev–Trinajstić information content (AvgIpc) is 3.14. The molecule has 11 heteroatoms. The van der Waals surface area contributed by atoms with Crippen LogP contribution in [0.25, 0.3) is 11.0 Å². The van der Waals surface area contributed by atoms with Crippen molar-refractivity contribution in [2.45, 2.75) is 37.0 Å². The van der Waals surface area contributed by atoms with Crippen LogP contribution in [0, 0.1) is 17.8 Å². The summed E-state index contributed by atoms with van der Waals surface area (Å²) in [5.74, 6) is 7.36. The van der Waals surface area contributed by atoms with Crippen LogP contribution >= 0.6 is 0 Å². The van der Waals surface area contributed by atoms with Crippen molar-refractivity contribution < 1.29 is 28.5 Å². The molecule has 0 saturated heterocycles. The first kappa shape index (κ1) is 18.4. The third kappa shape index (κ3) is 3.32. The number of alkyl halides is 3. The van der Waals surface area contributed by atoms with Gasteiger partial charge in [-0.1, -0.05) is 5.92 Å². The van der Waals surface area contributed by atoms with Crippen molar-refractivity contribution >= 4 is 16.9 Å². The van der Waals surface area contributed by atoms with E-state index in [1.54, 1.807) is 22.8 Å². The van der Waals surface area contributed by atoms with E-state index in [1.165, 1.54) is 6.33 Å². The highest BCUT2D eigenvalue weighted by atomic mass is 19.4. The Morgan fingerprint density at radius 1 is 1.31 bits per heavy atom. The minimum atomic E-state index is -4.75. The molecule has 6 N–H and O–H groups in total. The van der Waals surface area contributed by atoms with Crippen LogP contribution in [-0.4, -0.2) is 54.3 Å². The number of aliphatic hydroxyl groups is 3. The van der Waals surface area contributed by atoms with E-state index in [2.05, 4.69) is 15.4 Å². The summed E-state index contributed by atoms with van der Waals surface area (Å²) >= 11 is 0. The summed E-state index contributed by atoms with van der Waals surface area (Å²) in [7, 11) is 0. The SMILES string of the molecule is NNc1ncnc2c1ccn2[C@@H]1C[C@H]([C@H](O)C#CC(F)(F)F)[C@@H](O)[C@H]1O. The molecule has 0 aromatic carbocycles. The molecule has 140 valence electrons. The first-order valence-electron chi connectivity index (χ1n) is 7.64. The molecular formula is C15H16F3N5O3. The maximum absolute atomic E-state index is 12.2. The van der Waals surface area contributed by atoms with Gasteiger partial charge in [0.25, 0.3) is 0 Å². The van der Waals surface area contributed by atoms with Gasteiger partial charge in [0.2, 0.25) is 0 Å². The molecule has 0 spiro atoms. The first-order valence-corrected chi connectivity index (χ1v) is 7.64. The molecule has 0 aliphatic heterocycles. The molecule has 1 fully saturated rings. The Labute approximate surface area is 145 Å². The summed E-state index contributed by atoms with van der Waals surface area (Å²) in [4.78, 5) is 8.07. The normalized spacial score (nSPS) is 27.2. The number of nitrogens with two attached hydrogens (primary N) is 1. The van der Waals surface area contributed by atoms with Gasteiger partial charge in [-0.25, -0.2) is 15.8 Å². The molecule has 5 atom stereocenters. The lowest BCUT2D eigenvalue weighted by Crippen LogP contribution is -2.33. The van der Waals surface area contributed by atoms with E-state index in [4.69, 9.17) is 5.84 Å². The number of halogens is 3. The number of aromatic nitrogens is 3. The fourth-order valence-corrected chi connectivity index (χ4v) is 3.25. The van der Waals surface area contributed by atoms with Gasteiger partial charge in [0, 0.05) is 18.0 Å². The molecule has 26 heavy (non-hydrogen) atoms. The summed E-state index contributed by atoms with van der Waals surface area (Å²) < 4.78 is 38.1. The van der Waals surface area contributed by atoms with Crippen molar-refractivity contribution in [3.8, 4) is 11.8 Å².